The molecule has 56 heavy (non-hydrogen) atoms. The third-order valence-electron chi connectivity index (χ3n) is 11.6. The van der Waals surface area contributed by atoms with Crippen molar-refractivity contribution in [1.82, 2.24) is 0 Å². The Labute approximate surface area is 322 Å². The van der Waals surface area contributed by atoms with Gasteiger partial charge in [0.1, 0.15) is 22.3 Å². The van der Waals surface area contributed by atoms with Crippen LogP contribution in [0.3, 0.4) is 0 Å². The number of hydrogen-bond acceptors (Lipinski definition) is 2. The second kappa shape index (κ2) is 12.0. The summed E-state index contributed by atoms with van der Waals surface area (Å²) >= 11 is 0. The van der Waals surface area contributed by atoms with Crippen LogP contribution < -0.4 is 0 Å². The van der Waals surface area contributed by atoms with Crippen LogP contribution in [0.4, 0.5) is 0 Å². The number of hydrogen-bond donors (Lipinski definition) is 0. The van der Waals surface area contributed by atoms with Crippen molar-refractivity contribution < 1.29 is 8.83 Å². The molecule has 2 heterocycles. The van der Waals surface area contributed by atoms with E-state index in [9.17, 15) is 0 Å². The van der Waals surface area contributed by atoms with Crippen LogP contribution in [-0.2, 0) is 0 Å². The van der Waals surface area contributed by atoms with Gasteiger partial charge in [-0.2, -0.15) is 0 Å². The van der Waals surface area contributed by atoms with Gasteiger partial charge in [-0.05, 0) is 137 Å². The van der Waals surface area contributed by atoms with Crippen molar-refractivity contribution in [3.63, 3.8) is 0 Å². The van der Waals surface area contributed by atoms with Gasteiger partial charge < -0.3 is 8.83 Å². The van der Waals surface area contributed by atoms with Gasteiger partial charge in [-0.1, -0.05) is 133 Å². The van der Waals surface area contributed by atoms with Crippen LogP contribution in [0.25, 0.3) is 121 Å². The van der Waals surface area contributed by atoms with Gasteiger partial charge in [-0.25, -0.2) is 0 Å². The fraction of sp³-hybridized carbons (Fsp3) is 0. The quantitative estimate of drug-likeness (QED) is 0.170. The molecule has 2 nitrogen and oxygen atoms in total. The van der Waals surface area contributed by atoms with Crippen molar-refractivity contribution in [2.24, 2.45) is 0 Å². The molecule has 0 amide bonds. The maximum Gasteiger partial charge on any atom is 0.136 e. The van der Waals surface area contributed by atoms with E-state index in [1.165, 1.54) is 65.7 Å². The highest BCUT2D eigenvalue weighted by Gasteiger charge is 2.16. The average molecular weight is 713 g/mol. The molecule has 0 saturated carbocycles. The van der Waals surface area contributed by atoms with E-state index in [-0.39, 0.29) is 0 Å². The highest BCUT2D eigenvalue weighted by molar-refractivity contribution is 6.16. The van der Waals surface area contributed by atoms with Gasteiger partial charge >= 0.3 is 0 Å². The van der Waals surface area contributed by atoms with Crippen LogP contribution in [0.1, 0.15) is 0 Å². The zero-order valence-electron chi connectivity index (χ0n) is 30.3. The topological polar surface area (TPSA) is 26.3 Å². The van der Waals surface area contributed by atoms with Gasteiger partial charge in [0, 0.05) is 21.5 Å². The molecule has 0 atom stereocenters. The summed E-state index contributed by atoms with van der Waals surface area (Å²) in [5.41, 5.74) is 13.0. The van der Waals surface area contributed by atoms with Crippen molar-refractivity contribution in [3.05, 3.63) is 194 Å². The Morgan fingerprint density at radius 2 is 0.696 bits per heavy atom. The molecular weight excluding hydrogens is 681 g/mol. The first-order chi connectivity index (χ1) is 27.7. The van der Waals surface area contributed by atoms with Gasteiger partial charge in [0.2, 0.25) is 0 Å². The first kappa shape index (κ1) is 31.0. The van der Waals surface area contributed by atoms with Crippen molar-refractivity contribution >= 4 is 76.2 Å². The highest BCUT2D eigenvalue weighted by atomic mass is 16.3. The van der Waals surface area contributed by atoms with Crippen LogP contribution in [0.2, 0.25) is 0 Å². The molecule has 12 rings (SSSR count). The van der Waals surface area contributed by atoms with E-state index < -0.39 is 0 Å². The van der Waals surface area contributed by atoms with Gasteiger partial charge in [0.15, 0.2) is 0 Å². The zero-order chi connectivity index (χ0) is 36.7. The smallest absolute Gasteiger partial charge is 0.136 e. The lowest BCUT2D eigenvalue weighted by atomic mass is 9.91. The minimum absolute atomic E-state index is 0.856. The predicted octanol–water partition coefficient (Wildman–Crippen LogP) is 15.6. The first-order valence-electron chi connectivity index (χ1n) is 19.1. The molecule has 0 aliphatic heterocycles. The molecule has 10 aromatic carbocycles. The lowest BCUT2D eigenvalue weighted by molar-refractivity contribution is 0.664. The molecule has 0 radical (unpaired) electrons. The summed E-state index contributed by atoms with van der Waals surface area (Å²) in [4.78, 5) is 0. The fourth-order valence-electron chi connectivity index (χ4n) is 8.80. The molecule has 0 unspecified atom stereocenters. The van der Waals surface area contributed by atoms with Gasteiger partial charge in [0.05, 0.1) is 0 Å². The number of benzene rings is 10. The maximum atomic E-state index is 6.51. The molecule has 12 aromatic rings. The average Bonchev–Trinajstić information content (AvgIpc) is 3.81. The molecule has 2 heteroatoms. The van der Waals surface area contributed by atoms with E-state index in [1.54, 1.807) is 0 Å². The molecule has 0 fully saturated rings. The molecule has 0 saturated heterocycles. The summed E-state index contributed by atoms with van der Waals surface area (Å²) in [5.74, 6) is 0. The fourth-order valence-corrected chi connectivity index (χ4v) is 8.80. The summed E-state index contributed by atoms with van der Waals surface area (Å²) in [6.07, 6.45) is 0. The van der Waals surface area contributed by atoms with Crippen LogP contribution >= 0.6 is 0 Å². The maximum absolute atomic E-state index is 6.51. The monoisotopic (exact) mass is 712 g/mol. The van der Waals surface area contributed by atoms with Gasteiger partial charge in [-0.15, -0.1) is 0 Å². The zero-order valence-corrected chi connectivity index (χ0v) is 30.3. The standard InChI is InChI=1S/C54H32O2/c1-2-9-33(10-3-1)35-17-18-37-26-38(20-19-36(37)25-35)40-22-24-52-48(29-40)50-32-53-49(31-54(50)56-52)47-28-39(21-23-51(47)55-53)34-12-8-13-41(27-34)46-30-42-11-4-5-14-43(42)44-15-6-7-16-45(44)46/h1-32H. The van der Waals surface area contributed by atoms with E-state index in [4.69, 9.17) is 8.83 Å². The van der Waals surface area contributed by atoms with E-state index in [0.29, 0.717) is 0 Å². The van der Waals surface area contributed by atoms with Crippen molar-refractivity contribution in [2.45, 2.75) is 0 Å². The van der Waals surface area contributed by atoms with Gasteiger partial charge in [0.25, 0.3) is 0 Å². The normalized spacial score (nSPS) is 11.9. The lowest BCUT2D eigenvalue weighted by Gasteiger charge is -2.12. The molecule has 0 bridgehead atoms. The molecule has 0 aliphatic rings. The molecule has 0 N–H and O–H groups in total. The van der Waals surface area contributed by atoms with Crippen LogP contribution in [0.15, 0.2) is 203 Å². The first-order valence-corrected chi connectivity index (χ1v) is 19.1. The van der Waals surface area contributed by atoms with Crippen LogP contribution in [0.5, 0.6) is 0 Å². The Bertz CT molecular complexity index is 3530. The summed E-state index contributed by atoms with van der Waals surface area (Å²) < 4.78 is 13.0. The summed E-state index contributed by atoms with van der Waals surface area (Å²) in [6, 6.07) is 69.9. The molecular formula is C54H32O2. The third kappa shape index (κ3) is 4.90. The number of rotatable bonds is 4. The summed E-state index contributed by atoms with van der Waals surface area (Å²) in [6.45, 7) is 0. The van der Waals surface area contributed by atoms with E-state index in [0.717, 1.165) is 55.0 Å². The Morgan fingerprint density at radius 3 is 1.38 bits per heavy atom. The minimum Gasteiger partial charge on any atom is -0.456 e. The second-order valence-electron chi connectivity index (χ2n) is 14.9. The van der Waals surface area contributed by atoms with E-state index >= 15 is 0 Å². The van der Waals surface area contributed by atoms with Crippen LogP contribution in [-0.4, -0.2) is 0 Å². The van der Waals surface area contributed by atoms with Crippen molar-refractivity contribution in [2.75, 3.05) is 0 Å². The van der Waals surface area contributed by atoms with Crippen LogP contribution in [0, 0.1) is 0 Å². The highest BCUT2D eigenvalue weighted by Crippen LogP contribution is 2.41. The Kier molecular flexibility index (Phi) is 6.66. The largest absolute Gasteiger partial charge is 0.456 e. The summed E-state index contributed by atoms with van der Waals surface area (Å²) in [5, 5.41) is 11.8. The number of furan rings is 2. The molecule has 260 valence electrons. The number of fused-ring (bicyclic) bond motifs is 10. The molecule has 0 spiro atoms. The van der Waals surface area contributed by atoms with E-state index in [1.807, 2.05) is 0 Å². The SMILES string of the molecule is c1ccc(-c2ccc3cc(-c4ccc5oc6cc7c(cc6c5c4)oc4ccc(-c5cccc(-c6cc8ccccc8c8ccccc68)c5)cc47)ccc3c2)cc1. The molecule has 2 aromatic heterocycles. The Hall–Kier alpha value is -7.42. The third-order valence-corrected chi connectivity index (χ3v) is 11.6. The van der Waals surface area contributed by atoms with Gasteiger partial charge in [-0.3, -0.25) is 0 Å². The van der Waals surface area contributed by atoms with Crippen molar-refractivity contribution in [3.8, 4) is 44.5 Å². The van der Waals surface area contributed by atoms with Crippen molar-refractivity contribution in [1.29, 1.82) is 0 Å². The minimum atomic E-state index is 0.856. The second-order valence-corrected chi connectivity index (χ2v) is 14.9. The molecule has 0 aliphatic carbocycles. The Morgan fingerprint density at radius 1 is 0.214 bits per heavy atom. The van der Waals surface area contributed by atoms with E-state index in [2.05, 4.69) is 194 Å². The summed E-state index contributed by atoms with van der Waals surface area (Å²) in [7, 11) is 0. The Balaban J connectivity index is 0.923. The predicted molar refractivity (Wildman–Crippen MR) is 235 cm³/mol. The lowest BCUT2D eigenvalue weighted by Crippen LogP contribution is -1.86.